The van der Waals surface area contributed by atoms with E-state index in [1.165, 1.54) is 31.3 Å². The molecule has 1 heterocycles. The van der Waals surface area contributed by atoms with Crippen LogP contribution >= 0.6 is 0 Å². The number of rotatable bonds is 8. The van der Waals surface area contributed by atoms with Gasteiger partial charge in [-0.2, -0.15) is 0 Å². The number of sulfonamides is 1. The predicted octanol–water partition coefficient (Wildman–Crippen LogP) is 4.75. The Balaban J connectivity index is 1.55. The lowest BCUT2D eigenvalue weighted by atomic mass is 9.97. The highest BCUT2D eigenvalue weighted by atomic mass is 32.2. The van der Waals surface area contributed by atoms with E-state index in [2.05, 4.69) is 21.1 Å². The molecule has 1 aliphatic rings. The number of hydrogen-bond acceptors (Lipinski definition) is 4. The van der Waals surface area contributed by atoms with Crippen LogP contribution in [0.5, 0.6) is 0 Å². The summed E-state index contributed by atoms with van der Waals surface area (Å²) in [6, 6.07) is 10.5. The average molecular weight is 386 g/mol. The van der Waals surface area contributed by atoms with Gasteiger partial charge >= 0.3 is 0 Å². The average Bonchev–Trinajstić information content (AvgIpc) is 2.70. The van der Waals surface area contributed by atoms with Gasteiger partial charge in [-0.05, 0) is 68.4 Å². The van der Waals surface area contributed by atoms with Crippen molar-refractivity contribution in [2.75, 3.05) is 16.6 Å². The van der Waals surface area contributed by atoms with Crippen LogP contribution in [0.1, 0.15) is 44.6 Å². The molecule has 27 heavy (non-hydrogen) atoms. The Bertz CT molecular complexity index is 873. The van der Waals surface area contributed by atoms with Crippen LogP contribution in [0.2, 0.25) is 0 Å². The molecule has 1 aromatic heterocycles. The fourth-order valence-corrected chi connectivity index (χ4v) is 4.20. The summed E-state index contributed by atoms with van der Waals surface area (Å²) in [4.78, 5) is 4.56. The van der Waals surface area contributed by atoms with Crippen molar-refractivity contribution in [3.05, 3.63) is 59.8 Å². The van der Waals surface area contributed by atoms with E-state index in [-0.39, 0.29) is 4.90 Å². The Kier molecular flexibility index (Phi) is 6.50. The van der Waals surface area contributed by atoms with Crippen molar-refractivity contribution in [1.29, 1.82) is 0 Å². The van der Waals surface area contributed by atoms with E-state index in [0.29, 0.717) is 5.69 Å². The molecular formula is C21H27N3O2S. The Hall–Kier alpha value is -2.34. The second-order valence-electron chi connectivity index (χ2n) is 6.82. The van der Waals surface area contributed by atoms with Gasteiger partial charge in [0.05, 0.1) is 16.8 Å². The van der Waals surface area contributed by atoms with Crippen molar-refractivity contribution < 1.29 is 8.42 Å². The summed E-state index contributed by atoms with van der Waals surface area (Å²) in [5.74, 6) is 0.752. The van der Waals surface area contributed by atoms with E-state index in [4.69, 9.17) is 0 Å². The summed E-state index contributed by atoms with van der Waals surface area (Å²) in [5, 5.41) is 3.30. The van der Waals surface area contributed by atoms with Gasteiger partial charge < -0.3 is 5.32 Å². The molecule has 0 bridgehead atoms. The minimum atomic E-state index is -3.60. The van der Waals surface area contributed by atoms with Gasteiger partial charge in [-0.25, -0.2) is 13.4 Å². The van der Waals surface area contributed by atoms with Gasteiger partial charge in [0, 0.05) is 6.54 Å². The molecule has 1 aliphatic carbocycles. The monoisotopic (exact) mass is 385 g/mol. The normalized spacial score (nSPS) is 14.5. The highest BCUT2D eigenvalue weighted by molar-refractivity contribution is 7.92. The number of allylic oxidation sites excluding steroid dienone is 1. The summed E-state index contributed by atoms with van der Waals surface area (Å²) >= 11 is 0. The van der Waals surface area contributed by atoms with E-state index in [9.17, 15) is 8.42 Å². The Labute approximate surface area is 162 Å². The first kappa shape index (κ1) is 19.4. The SMILES string of the molecule is CCc1ccc(S(=O)(=O)Nc2ccc(NCCC3=CCCCC3)nc2)cc1. The van der Waals surface area contributed by atoms with Crippen LogP contribution in [-0.4, -0.2) is 19.9 Å². The zero-order valence-electron chi connectivity index (χ0n) is 15.7. The summed E-state index contributed by atoms with van der Waals surface area (Å²) in [7, 11) is -3.60. The Morgan fingerprint density at radius 2 is 1.89 bits per heavy atom. The van der Waals surface area contributed by atoms with E-state index in [0.717, 1.165) is 30.8 Å². The van der Waals surface area contributed by atoms with Crippen LogP contribution in [0.25, 0.3) is 0 Å². The van der Waals surface area contributed by atoms with Crippen molar-refractivity contribution in [1.82, 2.24) is 4.98 Å². The molecule has 144 valence electrons. The second-order valence-corrected chi connectivity index (χ2v) is 8.50. The van der Waals surface area contributed by atoms with E-state index >= 15 is 0 Å². The second kappa shape index (κ2) is 9.04. The highest BCUT2D eigenvalue weighted by Gasteiger charge is 2.14. The Morgan fingerprint density at radius 3 is 2.52 bits per heavy atom. The number of hydrogen-bond donors (Lipinski definition) is 2. The maximum atomic E-state index is 12.5. The summed E-state index contributed by atoms with van der Waals surface area (Å²) < 4.78 is 27.5. The van der Waals surface area contributed by atoms with Crippen LogP contribution in [0, 0.1) is 0 Å². The zero-order valence-corrected chi connectivity index (χ0v) is 16.6. The topological polar surface area (TPSA) is 71.1 Å². The summed E-state index contributed by atoms with van der Waals surface area (Å²) in [6.45, 7) is 2.88. The maximum absolute atomic E-state index is 12.5. The lowest BCUT2D eigenvalue weighted by Crippen LogP contribution is -2.13. The van der Waals surface area contributed by atoms with Crippen LogP contribution < -0.4 is 10.0 Å². The van der Waals surface area contributed by atoms with Gasteiger partial charge in [-0.1, -0.05) is 30.7 Å². The molecule has 5 nitrogen and oxygen atoms in total. The van der Waals surface area contributed by atoms with Gasteiger partial charge in [0.25, 0.3) is 10.0 Å². The predicted molar refractivity (Wildman–Crippen MR) is 111 cm³/mol. The molecule has 6 heteroatoms. The lowest BCUT2D eigenvalue weighted by Gasteiger charge is -2.13. The van der Waals surface area contributed by atoms with Gasteiger partial charge in [0.15, 0.2) is 0 Å². The van der Waals surface area contributed by atoms with E-state index < -0.39 is 10.0 Å². The van der Waals surface area contributed by atoms with Crippen molar-refractivity contribution in [3.63, 3.8) is 0 Å². The number of aromatic nitrogens is 1. The molecule has 0 spiro atoms. The molecular weight excluding hydrogens is 358 g/mol. The molecule has 0 amide bonds. The lowest BCUT2D eigenvalue weighted by molar-refractivity contribution is 0.601. The van der Waals surface area contributed by atoms with Gasteiger partial charge in [-0.3, -0.25) is 4.72 Å². The Morgan fingerprint density at radius 1 is 1.07 bits per heavy atom. The van der Waals surface area contributed by atoms with Crippen molar-refractivity contribution >= 4 is 21.5 Å². The molecule has 0 atom stereocenters. The number of nitrogens with one attached hydrogen (secondary N) is 2. The third kappa shape index (κ3) is 5.57. The third-order valence-electron chi connectivity index (χ3n) is 4.79. The first-order valence-electron chi connectivity index (χ1n) is 9.56. The van der Waals surface area contributed by atoms with Gasteiger partial charge in [-0.15, -0.1) is 0 Å². The fraction of sp³-hybridized carbons (Fsp3) is 0.381. The number of anilines is 2. The molecule has 0 unspecified atom stereocenters. The molecule has 0 aliphatic heterocycles. The minimum Gasteiger partial charge on any atom is -0.370 e. The molecule has 1 aromatic carbocycles. The van der Waals surface area contributed by atoms with Crippen LogP contribution in [-0.2, 0) is 16.4 Å². The molecule has 2 N–H and O–H groups in total. The molecule has 3 rings (SSSR count). The van der Waals surface area contributed by atoms with Crippen LogP contribution in [0.4, 0.5) is 11.5 Å². The maximum Gasteiger partial charge on any atom is 0.261 e. The van der Waals surface area contributed by atoms with E-state index in [1.807, 2.05) is 19.1 Å². The third-order valence-corrected chi connectivity index (χ3v) is 6.19. The highest BCUT2D eigenvalue weighted by Crippen LogP contribution is 2.20. The number of pyridine rings is 1. The van der Waals surface area contributed by atoms with Gasteiger partial charge in [0.2, 0.25) is 0 Å². The molecule has 0 radical (unpaired) electrons. The zero-order chi connectivity index (χ0) is 19.1. The quantitative estimate of drug-likeness (QED) is 0.644. The minimum absolute atomic E-state index is 0.252. The number of aryl methyl sites for hydroxylation is 1. The van der Waals surface area contributed by atoms with Crippen molar-refractivity contribution in [2.45, 2.75) is 50.3 Å². The van der Waals surface area contributed by atoms with E-state index in [1.54, 1.807) is 30.5 Å². The number of benzene rings is 1. The largest absolute Gasteiger partial charge is 0.370 e. The molecule has 0 saturated heterocycles. The molecule has 2 aromatic rings. The van der Waals surface area contributed by atoms with Crippen LogP contribution in [0.15, 0.2) is 59.1 Å². The van der Waals surface area contributed by atoms with Crippen molar-refractivity contribution in [2.24, 2.45) is 0 Å². The van der Waals surface area contributed by atoms with Crippen LogP contribution in [0.3, 0.4) is 0 Å². The van der Waals surface area contributed by atoms with Crippen molar-refractivity contribution in [3.8, 4) is 0 Å². The smallest absolute Gasteiger partial charge is 0.261 e. The molecule has 0 saturated carbocycles. The first-order chi connectivity index (χ1) is 13.1. The summed E-state index contributed by atoms with van der Waals surface area (Å²) in [6.07, 6.45) is 10.8. The van der Waals surface area contributed by atoms with Gasteiger partial charge in [0.1, 0.15) is 5.82 Å². The molecule has 0 fully saturated rings. The number of nitrogens with zero attached hydrogens (tertiary/aromatic N) is 1. The standard InChI is InChI=1S/C21H27N3O2S/c1-2-17-8-11-20(12-9-17)27(25,26)24-19-10-13-21(23-16-19)22-15-14-18-6-4-3-5-7-18/h6,8-13,16,24H,2-5,7,14-15H2,1H3,(H,22,23). The first-order valence-corrected chi connectivity index (χ1v) is 11.0. The fourth-order valence-electron chi connectivity index (χ4n) is 3.16. The summed E-state index contributed by atoms with van der Waals surface area (Å²) in [5.41, 5.74) is 3.08.